The quantitative estimate of drug-likeness (QED) is 0.0266. The number of hydrogen-bond donors (Lipinski definition) is 2. The summed E-state index contributed by atoms with van der Waals surface area (Å²) in [6.07, 6.45) is 26.7. The van der Waals surface area contributed by atoms with Crippen molar-refractivity contribution >= 4 is 17.8 Å². The first-order valence-electron chi connectivity index (χ1n) is 20.4. The van der Waals surface area contributed by atoms with Crippen LogP contribution in [0.3, 0.4) is 0 Å². The van der Waals surface area contributed by atoms with E-state index in [1.165, 1.54) is 96.3 Å². The predicted octanol–water partition coefficient (Wildman–Crippen LogP) is 10.0. The number of esters is 1. The van der Waals surface area contributed by atoms with Gasteiger partial charge in [-0.15, -0.1) is 0 Å². The normalized spacial score (nSPS) is 19.1. The van der Waals surface area contributed by atoms with Gasteiger partial charge in [-0.2, -0.15) is 8.78 Å². The molecule has 2 saturated carbocycles. The Balaban J connectivity index is 0.00000756. The second kappa shape index (κ2) is 25.4. The molecule has 53 heavy (non-hydrogen) atoms. The Hall–Kier alpha value is -2.73. The van der Waals surface area contributed by atoms with Crippen LogP contribution >= 0.6 is 0 Å². The zero-order chi connectivity index (χ0) is 38.3. The van der Waals surface area contributed by atoms with E-state index in [-0.39, 0.29) is 71.1 Å². The Bertz CT molecular complexity index is 1220. The van der Waals surface area contributed by atoms with Crippen LogP contribution in [0.4, 0.5) is 17.6 Å². The van der Waals surface area contributed by atoms with Gasteiger partial charge in [0.15, 0.2) is 11.6 Å². The number of unbranched alkanes of at least 4 members (excludes halogenated alkanes) is 16. The first-order chi connectivity index (χ1) is 25.6. The zero-order valence-corrected chi connectivity index (χ0v) is 32.0. The smallest absolute Gasteiger partial charge is 0.313 e. The van der Waals surface area contributed by atoms with Gasteiger partial charge in [-0.25, -0.2) is 8.78 Å². The molecule has 2 amide bonds. The maximum Gasteiger partial charge on any atom is 0.313 e. The SMILES string of the molecule is CCCCCCCCCCCCCCCCCCCC(=O)NC1CC2(C1)CC(NC(=O)CCOCCOCCC(=O)Oc1c(F)c(F)cc(F)c1F)C2.[HH].[HH]. The van der Waals surface area contributed by atoms with Gasteiger partial charge in [0.1, 0.15) is 0 Å². The van der Waals surface area contributed by atoms with E-state index in [9.17, 15) is 31.9 Å². The van der Waals surface area contributed by atoms with Crippen molar-refractivity contribution in [2.75, 3.05) is 26.4 Å². The zero-order valence-electron chi connectivity index (χ0n) is 32.0. The maximum atomic E-state index is 13.6. The lowest BCUT2D eigenvalue weighted by atomic mass is 9.52. The van der Waals surface area contributed by atoms with Crippen LogP contribution in [0.25, 0.3) is 0 Å². The number of amides is 2. The molecule has 0 aliphatic heterocycles. The molecule has 1 spiro atoms. The van der Waals surface area contributed by atoms with Crippen LogP contribution in [0, 0.1) is 28.7 Å². The molecule has 2 aliphatic rings. The highest BCUT2D eigenvalue weighted by Crippen LogP contribution is 2.55. The Labute approximate surface area is 317 Å². The summed E-state index contributed by atoms with van der Waals surface area (Å²) in [6, 6.07) is 0.408. The van der Waals surface area contributed by atoms with E-state index in [1.54, 1.807) is 0 Å². The van der Waals surface area contributed by atoms with Crippen LogP contribution in [-0.2, 0) is 23.9 Å². The fourth-order valence-electron chi connectivity index (χ4n) is 7.57. The molecule has 2 N–H and O–H groups in total. The van der Waals surface area contributed by atoms with Gasteiger partial charge in [0.25, 0.3) is 0 Å². The average Bonchev–Trinajstić information content (AvgIpc) is 3.09. The lowest BCUT2D eigenvalue weighted by Gasteiger charge is -2.57. The summed E-state index contributed by atoms with van der Waals surface area (Å²) in [5.41, 5.74) is 0.236. The van der Waals surface area contributed by atoms with E-state index in [4.69, 9.17) is 9.47 Å². The standard InChI is InChI=1S/C41H64F4N2O6.2H2/c1-2-3-4-5-6-7-8-9-10-11-12-13-14-15-16-17-18-19-35(48)46-31-27-41(28-31)29-32(30-41)47-36(49)20-22-51-24-25-52-23-21-37(50)53-40-38(44)33(42)26-34(43)39(40)45;;/h26,31-32H,2-25,27-30H2,1H3,(H,46,48)(H,47,49);2*1H. The van der Waals surface area contributed by atoms with E-state index >= 15 is 0 Å². The Kier molecular flexibility index (Phi) is 21.4. The van der Waals surface area contributed by atoms with Crippen LogP contribution < -0.4 is 15.4 Å². The third-order valence-corrected chi connectivity index (χ3v) is 10.5. The van der Waals surface area contributed by atoms with E-state index in [2.05, 4.69) is 22.3 Å². The summed E-state index contributed by atoms with van der Waals surface area (Å²) in [7, 11) is 0. The lowest BCUT2D eigenvalue weighted by molar-refractivity contribution is -0.136. The van der Waals surface area contributed by atoms with Crippen LogP contribution in [-0.4, -0.2) is 56.3 Å². The predicted molar refractivity (Wildman–Crippen MR) is 201 cm³/mol. The van der Waals surface area contributed by atoms with Gasteiger partial charge in [-0.1, -0.05) is 110 Å². The van der Waals surface area contributed by atoms with Crippen LogP contribution in [0.1, 0.15) is 164 Å². The van der Waals surface area contributed by atoms with Crippen molar-refractivity contribution < 1.29 is 49.0 Å². The van der Waals surface area contributed by atoms with Gasteiger partial charge in [0, 0.05) is 33.8 Å². The number of rotatable bonds is 30. The van der Waals surface area contributed by atoms with Gasteiger partial charge < -0.3 is 24.8 Å². The molecular weight excluding hydrogens is 692 g/mol. The monoisotopic (exact) mass is 761 g/mol. The van der Waals surface area contributed by atoms with Gasteiger partial charge in [0.05, 0.1) is 32.8 Å². The fourth-order valence-corrected chi connectivity index (χ4v) is 7.57. The number of hydrogen-bond acceptors (Lipinski definition) is 6. The third kappa shape index (κ3) is 17.5. The van der Waals surface area contributed by atoms with Crippen molar-refractivity contribution in [1.29, 1.82) is 0 Å². The van der Waals surface area contributed by atoms with E-state index < -0.39 is 41.4 Å². The van der Waals surface area contributed by atoms with Crippen LogP contribution in [0.2, 0.25) is 0 Å². The molecule has 0 radical (unpaired) electrons. The first-order valence-corrected chi connectivity index (χ1v) is 20.4. The molecule has 0 atom stereocenters. The van der Waals surface area contributed by atoms with E-state index in [0.717, 1.165) is 38.5 Å². The molecular formula is C41H68F4N2O6. The molecule has 8 nitrogen and oxygen atoms in total. The minimum Gasteiger partial charge on any atom is -0.420 e. The minimum absolute atomic E-state index is 0. The molecule has 0 aromatic heterocycles. The van der Waals surface area contributed by atoms with Crippen LogP contribution in [0.15, 0.2) is 6.07 Å². The van der Waals surface area contributed by atoms with Crippen molar-refractivity contribution in [2.45, 2.75) is 173 Å². The topological polar surface area (TPSA) is 103 Å². The number of ether oxygens (including phenoxy) is 3. The molecule has 0 bridgehead atoms. The molecule has 0 unspecified atom stereocenters. The highest BCUT2D eigenvalue weighted by Gasteiger charge is 2.53. The Morgan fingerprint density at radius 1 is 0.604 bits per heavy atom. The number of carbonyl (C=O) groups is 3. The maximum absolute atomic E-state index is 13.6. The molecule has 1 aromatic rings. The average molecular weight is 761 g/mol. The minimum atomic E-state index is -1.80. The van der Waals surface area contributed by atoms with Crippen molar-refractivity contribution in [1.82, 2.24) is 10.6 Å². The number of benzene rings is 1. The van der Waals surface area contributed by atoms with Crippen molar-refractivity contribution in [2.24, 2.45) is 5.41 Å². The Morgan fingerprint density at radius 2 is 1.00 bits per heavy atom. The summed E-state index contributed by atoms with van der Waals surface area (Å²) < 4.78 is 68.6. The second-order valence-corrected chi connectivity index (χ2v) is 15.2. The molecule has 306 valence electrons. The summed E-state index contributed by atoms with van der Waals surface area (Å²) in [5.74, 6) is -9.44. The van der Waals surface area contributed by atoms with E-state index in [0.29, 0.717) is 6.42 Å². The molecule has 0 saturated heterocycles. The molecule has 2 fully saturated rings. The van der Waals surface area contributed by atoms with Gasteiger partial charge in [-0.3, -0.25) is 14.4 Å². The molecule has 0 heterocycles. The van der Waals surface area contributed by atoms with Crippen molar-refractivity contribution in [3.63, 3.8) is 0 Å². The molecule has 2 aliphatic carbocycles. The summed E-state index contributed by atoms with van der Waals surface area (Å²) in [4.78, 5) is 36.4. The van der Waals surface area contributed by atoms with Gasteiger partial charge in [0.2, 0.25) is 29.2 Å². The molecule has 3 rings (SSSR count). The van der Waals surface area contributed by atoms with Crippen molar-refractivity contribution in [3.05, 3.63) is 29.3 Å². The highest BCUT2D eigenvalue weighted by atomic mass is 19.2. The van der Waals surface area contributed by atoms with E-state index in [1.807, 2.05) is 0 Å². The van der Waals surface area contributed by atoms with Crippen molar-refractivity contribution in [3.8, 4) is 5.75 Å². The number of carbonyl (C=O) groups excluding carboxylic acids is 3. The summed E-state index contributed by atoms with van der Waals surface area (Å²) in [6.45, 7) is 2.53. The molecule has 1 aromatic carbocycles. The first kappa shape index (κ1) is 44.7. The Morgan fingerprint density at radius 3 is 1.45 bits per heavy atom. The highest BCUT2D eigenvalue weighted by molar-refractivity contribution is 5.77. The third-order valence-electron chi connectivity index (χ3n) is 10.5. The fraction of sp³-hybridized carbons (Fsp3) is 0.780. The molecule has 12 heteroatoms. The van der Waals surface area contributed by atoms with Crippen LogP contribution in [0.5, 0.6) is 5.75 Å². The summed E-state index contributed by atoms with van der Waals surface area (Å²) in [5, 5.41) is 6.24. The largest absolute Gasteiger partial charge is 0.420 e. The number of nitrogens with one attached hydrogen (secondary N) is 2. The summed E-state index contributed by atoms with van der Waals surface area (Å²) >= 11 is 0. The second-order valence-electron chi connectivity index (χ2n) is 15.2. The lowest BCUT2D eigenvalue weighted by Crippen LogP contribution is -2.61. The number of halogens is 4. The van der Waals surface area contributed by atoms with Gasteiger partial charge >= 0.3 is 5.97 Å². The van der Waals surface area contributed by atoms with Gasteiger partial charge in [-0.05, 0) is 37.5 Å².